The Morgan fingerprint density at radius 2 is 2.11 bits per heavy atom. The molecule has 1 amide bonds. The van der Waals surface area contributed by atoms with Gasteiger partial charge in [0, 0.05) is 18.5 Å². The first-order valence-electron chi connectivity index (χ1n) is 6.81. The van der Waals surface area contributed by atoms with Crippen molar-refractivity contribution in [3.63, 3.8) is 0 Å². The fourth-order valence-electron chi connectivity index (χ4n) is 2.35. The molecule has 1 aliphatic rings. The van der Waals surface area contributed by atoms with Crippen molar-refractivity contribution in [2.24, 2.45) is 0 Å². The second-order valence-corrected chi connectivity index (χ2v) is 5.93. The van der Waals surface area contributed by atoms with Crippen molar-refractivity contribution in [3.8, 4) is 0 Å². The molecule has 0 aromatic rings. The van der Waals surface area contributed by atoms with Gasteiger partial charge in [-0.2, -0.15) is 11.8 Å². The molecule has 1 saturated carbocycles. The first-order chi connectivity index (χ1) is 9.06. The quantitative estimate of drug-likeness (QED) is 0.624. The minimum absolute atomic E-state index is 0.0928. The van der Waals surface area contributed by atoms with Gasteiger partial charge in [-0.1, -0.05) is 6.92 Å². The Bertz CT molecular complexity index is 306. The standard InChI is InChI=1S/C13H24N2O3S/c1-3-15(9-13(17)18)11-7-10(8-11)14-12(16)5-4-6-19-2/h10-11H,3-9H2,1-2H3,(H,14,16)(H,17,18). The van der Waals surface area contributed by atoms with Gasteiger partial charge in [0.25, 0.3) is 0 Å². The van der Waals surface area contributed by atoms with E-state index in [4.69, 9.17) is 5.11 Å². The van der Waals surface area contributed by atoms with Crippen LogP contribution in [0.3, 0.4) is 0 Å². The summed E-state index contributed by atoms with van der Waals surface area (Å²) in [7, 11) is 0. The summed E-state index contributed by atoms with van der Waals surface area (Å²) in [6.07, 6.45) is 5.29. The van der Waals surface area contributed by atoms with E-state index in [2.05, 4.69) is 5.32 Å². The van der Waals surface area contributed by atoms with E-state index in [0.29, 0.717) is 12.5 Å². The zero-order valence-corrected chi connectivity index (χ0v) is 12.5. The van der Waals surface area contributed by atoms with Gasteiger partial charge in [0.05, 0.1) is 6.54 Å². The van der Waals surface area contributed by atoms with Crippen LogP contribution in [-0.4, -0.2) is 59.1 Å². The Balaban J connectivity index is 2.18. The molecule has 2 N–H and O–H groups in total. The minimum Gasteiger partial charge on any atom is -0.480 e. The van der Waals surface area contributed by atoms with Gasteiger partial charge in [-0.05, 0) is 37.8 Å². The van der Waals surface area contributed by atoms with Gasteiger partial charge in [-0.15, -0.1) is 0 Å². The largest absolute Gasteiger partial charge is 0.480 e. The molecule has 1 rings (SSSR count). The second-order valence-electron chi connectivity index (χ2n) is 4.94. The van der Waals surface area contributed by atoms with Crippen molar-refractivity contribution >= 4 is 23.6 Å². The van der Waals surface area contributed by atoms with Crippen molar-refractivity contribution in [2.45, 2.75) is 44.7 Å². The zero-order valence-electron chi connectivity index (χ0n) is 11.7. The molecule has 110 valence electrons. The maximum atomic E-state index is 11.6. The Kier molecular flexibility index (Phi) is 7.23. The van der Waals surface area contributed by atoms with Crippen LogP contribution in [0.25, 0.3) is 0 Å². The predicted octanol–water partition coefficient (Wildman–Crippen LogP) is 1.18. The van der Waals surface area contributed by atoms with Crippen LogP contribution in [0, 0.1) is 0 Å². The lowest BCUT2D eigenvalue weighted by Gasteiger charge is -2.42. The maximum Gasteiger partial charge on any atom is 0.317 e. The van der Waals surface area contributed by atoms with E-state index in [1.807, 2.05) is 18.1 Å². The Hall–Kier alpha value is -0.750. The average molecular weight is 288 g/mol. The van der Waals surface area contributed by atoms with Crippen molar-refractivity contribution in [1.82, 2.24) is 10.2 Å². The molecule has 6 heteroatoms. The summed E-state index contributed by atoms with van der Waals surface area (Å²) in [5.74, 6) is 0.355. The van der Waals surface area contributed by atoms with E-state index >= 15 is 0 Å². The molecule has 0 saturated heterocycles. The number of amides is 1. The van der Waals surface area contributed by atoms with Crippen LogP contribution in [0.15, 0.2) is 0 Å². The molecule has 0 unspecified atom stereocenters. The number of nitrogens with zero attached hydrogens (tertiary/aromatic N) is 1. The molecule has 0 heterocycles. The zero-order chi connectivity index (χ0) is 14.3. The topological polar surface area (TPSA) is 69.6 Å². The Morgan fingerprint density at radius 3 is 2.63 bits per heavy atom. The van der Waals surface area contributed by atoms with E-state index in [9.17, 15) is 9.59 Å². The monoisotopic (exact) mass is 288 g/mol. The molecule has 0 aromatic heterocycles. The first kappa shape index (κ1) is 16.3. The van der Waals surface area contributed by atoms with Gasteiger partial charge in [-0.25, -0.2) is 0 Å². The highest BCUT2D eigenvalue weighted by Crippen LogP contribution is 2.25. The van der Waals surface area contributed by atoms with Crippen LogP contribution in [0.1, 0.15) is 32.6 Å². The molecule has 0 radical (unpaired) electrons. The predicted molar refractivity (Wildman–Crippen MR) is 77.5 cm³/mol. The second kappa shape index (κ2) is 8.43. The highest BCUT2D eigenvalue weighted by Gasteiger charge is 2.34. The molecule has 1 fully saturated rings. The van der Waals surface area contributed by atoms with E-state index in [1.165, 1.54) is 0 Å². The average Bonchev–Trinajstić information content (AvgIpc) is 2.31. The lowest BCUT2D eigenvalue weighted by atomic mass is 9.85. The number of nitrogens with one attached hydrogen (secondary N) is 1. The number of hydrogen-bond acceptors (Lipinski definition) is 4. The summed E-state index contributed by atoms with van der Waals surface area (Å²) in [5.41, 5.74) is 0. The summed E-state index contributed by atoms with van der Waals surface area (Å²) >= 11 is 1.75. The van der Waals surface area contributed by atoms with Gasteiger partial charge in [0.15, 0.2) is 0 Å². The molecule has 0 aliphatic heterocycles. The third-order valence-electron chi connectivity index (χ3n) is 3.49. The van der Waals surface area contributed by atoms with Gasteiger partial charge in [0.2, 0.25) is 5.91 Å². The number of carbonyl (C=O) groups excluding carboxylic acids is 1. The highest BCUT2D eigenvalue weighted by atomic mass is 32.2. The molecule has 0 bridgehead atoms. The summed E-state index contributed by atoms with van der Waals surface area (Å²) in [4.78, 5) is 24.3. The van der Waals surface area contributed by atoms with Gasteiger partial charge < -0.3 is 10.4 Å². The number of carboxylic acids is 1. The lowest BCUT2D eigenvalue weighted by Crippen LogP contribution is -2.54. The number of likely N-dealkylation sites (N-methyl/N-ethyl adjacent to an activating group) is 1. The summed E-state index contributed by atoms with van der Waals surface area (Å²) < 4.78 is 0. The maximum absolute atomic E-state index is 11.6. The lowest BCUT2D eigenvalue weighted by molar-refractivity contribution is -0.139. The van der Waals surface area contributed by atoms with E-state index < -0.39 is 5.97 Å². The number of carboxylic acid groups (broad SMARTS) is 1. The number of thioether (sulfide) groups is 1. The summed E-state index contributed by atoms with van der Waals surface area (Å²) in [6.45, 7) is 2.80. The van der Waals surface area contributed by atoms with Gasteiger partial charge >= 0.3 is 5.97 Å². The molecule has 0 atom stereocenters. The highest BCUT2D eigenvalue weighted by molar-refractivity contribution is 7.98. The molecule has 0 spiro atoms. The van der Waals surface area contributed by atoms with Crippen molar-refractivity contribution in [3.05, 3.63) is 0 Å². The summed E-state index contributed by atoms with van der Waals surface area (Å²) in [6, 6.07) is 0.534. The van der Waals surface area contributed by atoms with Crippen LogP contribution in [0.2, 0.25) is 0 Å². The fourth-order valence-corrected chi connectivity index (χ4v) is 2.79. The number of aliphatic carboxylic acids is 1. The number of hydrogen-bond donors (Lipinski definition) is 2. The molecule has 5 nitrogen and oxygen atoms in total. The molecule has 19 heavy (non-hydrogen) atoms. The molecular weight excluding hydrogens is 264 g/mol. The van der Waals surface area contributed by atoms with Crippen LogP contribution in [0.4, 0.5) is 0 Å². The third kappa shape index (κ3) is 5.82. The first-order valence-corrected chi connectivity index (χ1v) is 8.20. The molecule has 1 aliphatic carbocycles. The number of carbonyl (C=O) groups is 2. The van der Waals surface area contributed by atoms with Crippen LogP contribution < -0.4 is 5.32 Å². The molecule has 0 aromatic carbocycles. The normalized spacial score (nSPS) is 22.1. The third-order valence-corrected chi connectivity index (χ3v) is 4.19. The smallest absolute Gasteiger partial charge is 0.317 e. The van der Waals surface area contributed by atoms with Gasteiger partial charge in [-0.3, -0.25) is 14.5 Å². The number of rotatable bonds is 9. The van der Waals surface area contributed by atoms with Crippen molar-refractivity contribution in [1.29, 1.82) is 0 Å². The van der Waals surface area contributed by atoms with Crippen LogP contribution in [0.5, 0.6) is 0 Å². The van der Waals surface area contributed by atoms with E-state index in [0.717, 1.165) is 31.6 Å². The SMILES string of the molecule is CCN(CC(=O)O)C1CC(NC(=O)CCCSC)C1. The Labute approximate surface area is 119 Å². The summed E-state index contributed by atoms with van der Waals surface area (Å²) in [5, 5.41) is 11.8. The van der Waals surface area contributed by atoms with Crippen LogP contribution in [-0.2, 0) is 9.59 Å². The minimum atomic E-state index is -0.786. The van der Waals surface area contributed by atoms with E-state index in [-0.39, 0.29) is 18.5 Å². The fraction of sp³-hybridized carbons (Fsp3) is 0.846. The van der Waals surface area contributed by atoms with E-state index in [1.54, 1.807) is 11.8 Å². The molecular formula is C13H24N2O3S. The van der Waals surface area contributed by atoms with Crippen LogP contribution >= 0.6 is 11.8 Å². The van der Waals surface area contributed by atoms with Crippen molar-refractivity contribution < 1.29 is 14.7 Å². The Morgan fingerprint density at radius 1 is 1.42 bits per heavy atom. The van der Waals surface area contributed by atoms with Crippen molar-refractivity contribution in [2.75, 3.05) is 25.1 Å². The van der Waals surface area contributed by atoms with Gasteiger partial charge in [0.1, 0.15) is 0 Å².